The van der Waals surface area contributed by atoms with Gasteiger partial charge in [-0.3, -0.25) is 4.79 Å². The van der Waals surface area contributed by atoms with E-state index < -0.39 is 11.7 Å². The van der Waals surface area contributed by atoms with Crippen LogP contribution in [0.3, 0.4) is 0 Å². The fourth-order valence-corrected chi connectivity index (χ4v) is 2.83. The summed E-state index contributed by atoms with van der Waals surface area (Å²) >= 11 is 9.20. The lowest BCUT2D eigenvalue weighted by Gasteiger charge is -2.13. The molecule has 1 amide bonds. The molecule has 0 saturated carbocycles. The van der Waals surface area contributed by atoms with Gasteiger partial charge >= 0.3 is 0 Å². The molecule has 0 aromatic heterocycles. The van der Waals surface area contributed by atoms with Crippen molar-refractivity contribution >= 4 is 39.1 Å². The molecule has 0 fully saturated rings. The molecule has 132 valence electrons. The van der Waals surface area contributed by atoms with Gasteiger partial charge in [0.2, 0.25) is 0 Å². The molecule has 0 bridgehead atoms. The summed E-state index contributed by atoms with van der Waals surface area (Å²) in [6.07, 6.45) is 0. The smallest absolute Gasteiger partial charge is 0.259 e. The predicted molar refractivity (Wildman–Crippen MR) is 104 cm³/mol. The van der Waals surface area contributed by atoms with Gasteiger partial charge in [0.15, 0.2) is 0 Å². The topological polar surface area (TPSA) is 38.3 Å². The van der Waals surface area contributed by atoms with Crippen LogP contribution in [0.5, 0.6) is 5.75 Å². The first-order valence-electron chi connectivity index (χ1n) is 7.75. The number of hydrogen-bond donors (Lipinski definition) is 1. The zero-order valence-electron chi connectivity index (χ0n) is 13.5. The van der Waals surface area contributed by atoms with Gasteiger partial charge in [-0.05, 0) is 42.0 Å². The van der Waals surface area contributed by atoms with Crippen molar-refractivity contribution < 1.29 is 13.9 Å². The van der Waals surface area contributed by atoms with Crippen LogP contribution in [0.15, 0.2) is 71.2 Å². The van der Waals surface area contributed by atoms with Gasteiger partial charge in [0.05, 0.1) is 11.3 Å². The molecule has 3 nitrogen and oxygen atoms in total. The van der Waals surface area contributed by atoms with Gasteiger partial charge < -0.3 is 10.1 Å². The van der Waals surface area contributed by atoms with E-state index in [1.807, 2.05) is 30.3 Å². The first-order valence-corrected chi connectivity index (χ1v) is 8.93. The summed E-state index contributed by atoms with van der Waals surface area (Å²) in [7, 11) is 0. The van der Waals surface area contributed by atoms with Crippen LogP contribution in [-0.2, 0) is 6.61 Å². The van der Waals surface area contributed by atoms with Gasteiger partial charge in [-0.1, -0.05) is 57.9 Å². The van der Waals surface area contributed by atoms with E-state index in [2.05, 4.69) is 21.2 Å². The molecule has 0 radical (unpaired) electrons. The fourth-order valence-electron chi connectivity index (χ4n) is 2.32. The summed E-state index contributed by atoms with van der Waals surface area (Å²) in [6, 6.07) is 18.7. The zero-order valence-corrected chi connectivity index (χ0v) is 15.9. The number of ether oxygens (including phenoxy) is 1. The first-order chi connectivity index (χ1) is 12.5. The molecule has 0 atom stereocenters. The Bertz CT molecular complexity index is 934. The minimum atomic E-state index is -0.540. The number of carbonyl (C=O) groups is 1. The van der Waals surface area contributed by atoms with Gasteiger partial charge in [0.1, 0.15) is 18.2 Å². The molecule has 0 aliphatic heterocycles. The van der Waals surface area contributed by atoms with E-state index in [1.165, 1.54) is 18.2 Å². The standard InChI is InChI=1S/C20H14BrClFNO2/c21-14-6-8-18(17(23)10-14)24-20(25)16-11-15(22)7-9-19(16)26-12-13-4-2-1-3-5-13/h1-11H,12H2,(H,24,25). The molecule has 6 heteroatoms. The van der Waals surface area contributed by atoms with E-state index >= 15 is 0 Å². The molecule has 0 saturated heterocycles. The Hall–Kier alpha value is -2.37. The molecule has 26 heavy (non-hydrogen) atoms. The number of hydrogen-bond acceptors (Lipinski definition) is 2. The van der Waals surface area contributed by atoms with Crippen LogP contribution in [0.25, 0.3) is 0 Å². The van der Waals surface area contributed by atoms with Gasteiger partial charge in [-0.25, -0.2) is 4.39 Å². The van der Waals surface area contributed by atoms with E-state index in [0.717, 1.165) is 5.56 Å². The van der Waals surface area contributed by atoms with Crippen molar-refractivity contribution in [1.82, 2.24) is 0 Å². The van der Waals surface area contributed by atoms with E-state index in [9.17, 15) is 9.18 Å². The van der Waals surface area contributed by atoms with E-state index in [-0.39, 0.29) is 11.3 Å². The second kappa shape index (κ2) is 8.34. The quantitative estimate of drug-likeness (QED) is 0.529. The Kier molecular flexibility index (Phi) is 5.91. The van der Waals surface area contributed by atoms with Crippen LogP contribution >= 0.6 is 27.5 Å². The number of amides is 1. The lowest BCUT2D eigenvalue weighted by atomic mass is 10.1. The number of anilines is 1. The largest absolute Gasteiger partial charge is 0.488 e. The average Bonchev–Trinajstić information content (AvgIpc) is 2.63. The van der Waals surface area contributed by atoms with Crippen molar-refractivity contribution in [2.75, 3.05) is 5.32 Å². The van der Waals surface area contributed by atoms with E-state index in [0.29, 0.717) is 21.9 Å². The van der Waals surface area contributed by atoms with Crippen LogP contribution in [0.2, 0.25) is 5.02 Å². The van der Waals surface area contributed by atoms with Crippen molar-refractivity contribution in [1.29, 1.82) is 0 Å². The van der Waals surface area contributed by atoms with Crippen molar-refractivity contribution in [3.05, 3.63) is 93.2 Å². The molecule has 3 rings (SSSR count). The predicted octanol–water partition coefficient (Wildman–Crippen LogP) is 6.07. The van der Waals surface area contributed by atoms with Crippen molar-refractivity contribution in [2.24, 2.45) is 0 Å². The van der Waals surface area contributed by atoms with Crippen molar-refractivity contribution in [3.63, 3.8) is 0 Å². The summed E-state index contributed by atoms with van der Waals surface area (Å²) in [5.41, 5.74) is 1.27. The highest BCUT2D eigenvalue weighted by molar-refractivity contribution is 9.10. The SMILES string of the molecule is O=C(Nc1ccc(Br)cc1F)c1cc(Cl)ccc1OCc1ccccc1. The van der Waals surface area contributed by atoms with Crippen LogP contribution in [-0.4, -0.2) is 5.91 Å². The minimum absolute atomic E-state index is 0.0761. The molecule has 0 heterocycles. The number of halogens is 3. The van der Waals surface area contributed by atoms with Crippen molar-refractivity contribution in [2.45, 2.75) is 6.61 Å². The van der Waals surface area contributed by atoms with Gasteiger partial charge in [0, 0.05) is 9.50 Å². The number of nitrogens with one attached hydrogen (secondary N) is 1. The fraction of sp³-hybridized carbons (Fsp3) is 0.0500. The Balaban J connectivity index is 1.81. The third-order valence-corrected chi connectivity index (χ3v) is 4.33. The number of benzene rings is 3. The second-order valence-electron chi connectivity index (χ2n) is 5.49. The van der Waals surface area contributed by atoms with Crippen LogP contribution in [0.1, 0.15) is 15.9 Å². The summed E-state index contributed by atoms with van der Waals surface area (Å²) < 4.78 is 20.3. The molecule has 3 aromatic rings. The minimum Gasteiger partial charge on any atom is -0.488 e. The van der Waals surface area contributed by atoms with E-state index in [4.69, 9.17) is 16.3 Å². The van der Waals surface area contributed by atoms with E-state index in [1.54, 1.807) is 18.2 Å². The van der Waals surface area contributed by atoms with Crippen LogP contribution < -0.4 is 10.1 Å². The Morgan fingerprint density at radius 2 is 1.85 bits per heavy atom. The molecule has 0 aliphatic rings. The maximum absolute atomic E-state index is 14.0. The summed E-state index contributed by atoms with van der Waals surface area (Å²) in [5, 5.41) is 2.93. The lowest BCUT2D eigenvalue weighted by molar-refractivity contribution is 0.102. The highest BCUT2D eigenvalue weighted by atomic mass is 79.9. The normalized spacial score (nSPS) is 10.4. The summed E-state index contributed by atoms with van der Waals surface area (Å²) in [4.78, 5) is 12.6. The van der Waals surface area contributed by atoms with Gasteiger partial charge in [-0.2, -0.15) is 0 Å². The second-order valence-corrected chi connectivity index (χ2v) is 6.85. The monoisotopic (exact) mass is 433 g/mol. The molecular formula is C20H14BrClFNO2. The average molecular weight is 435 g/mol. The Morgan fingerprint density at radius 1 is 1.08 bits per heavy atom. The maximum Gasteiger partial charge on any atom is 0.259 e. The lowest BCUT2D eigenvalue weighted by Crippen LogP contribution is -2.14. The molecule has 0 aliphatic carbocycles. The molecule has 3 aromatic carbocycles. The first kappa shape index (κ1) is 18.4. The highest BCUT2D eigenvalue weighted by Gasteiger charge is 2.16. The number of rotatable bonds is 5. The summed E-state index contributed by atoms with van der Waals surface area (Å²) in [5.74, 6) is -0.674. The third kappa shape index (κ3) is 4.62. The highest BCUT2D eigenvalue weighted by Crippen LogP contribution is 2.26. The Labute approximate surface area is 163 Å². The molecular weight excluding hydrogens is 421 g/mol. The maximum atomic E-state index is 14.0. The van der Waals surface area contributed by atoms with Gasteiger partial charge in [0.25, 0.3) is 5.91 Å². The van der Waals surface area contributed by atoms with Crippen molar-refractivity contribution in [3.8, 4) is 5.75 Å². The third-order valence-electron chi connectivity index (χ3n) is 3.60. The van der Waals surface area contributed by atoms with Crippen LogP contribution in [0, 0.1) is 5.82 Å². The molecule has 1 N–H and O–H groups in total. The van der Waals surface area contributed by atoms with Gasteiger partial charge in [-0.15, -0.1) is 0 Å². The van der Waals surface area contributed by atoms with Crippen LogP contribution in [0.4, 0.5) is 10.1 Å². The zero-order chi connectivity index (χ0) is 18.5. The molecule has 0 spiro atoms. The Morgan fingerprint density at radius 3 is 2.58 bits per heavy atom. The summed E-state index contributed by atoms with van der Waals surface area (Å²) in [6.45, 7) is 0.301. The molecule has 0 unspecified atom stereocenters. The number of carbonyl (C=O) groups excluding carboxylic acids is 1.